The van der Waals surface area contributed by atoms with Crippen LogP contribution < -0.4 is 24.3 Å². The molecule has 2 heterocycles. The summed E-state index contributed by atoms with van der Waals surface area (Å²) in [6.45, 7) is 3.88. The zero-order valence-corrected chi connectivity index (χ0v) is 20.5. The molecule has 0 radical (unpaired) electrons. The van der Waals surface area contributed by atoms with Crippen LogP contribution in [0.2, 0.25) is 0 Å². The number of nitriles is 1. The molecule has 0 saturated heterocycles. The Morgan fingerprint density at radius 2 is 1.76 bits per heavy atom. The number of hydrogen-bond donors (Lipinski definition) is 1. The van der Waals surface area contributed by atoms with E-state index < -0.39 is 6.04 Å². The molecule has 34 heavy (non-hydrogen) atoms. The molecular weight excluding hydrogens is 438 g/mol. The van der Waals surface area contributed by atoms with Gasteiger partial charge in [0, 0.05) is 19.2 Å². The highest BCUT2D eigenvalue weighted by molar-refractivity contribution is 5.86. The first-order valence-electron chi connectivity index (χ1n) is 10.6. The quantitative estimate of drug-likeness (QED) is 0.510. The van der Waals surface area contributed by atoms with Crippen molar-refractivity contribution >= 4 is 16.9 Å². The third-order valence-corrected chi connectivity index (χ3v) is 5.77. The summed E-state index contributed by atoms with van der Waals surface area (Å²) in [6.07, 6.45) is 0.637. The van der Waals surface area contributed by atoms with Crippen LogP contribution in [0.1, 0.15) is 34.8 Å². The maximum Gasteiger partial charge on any atom is 0.242 e. The van der Waals surface area contributed by atoms with Gasteiger partial charge in [-0.15, -0.1) is 5.10 Å². The molecule has 0 spiro atoms. The normalized spacial score (nSPS) is 11.6. The lowest BCUT2D eigenvalue weighted by atomic mass is 9.99. The van der Waals surface area contributed by atoms with E-state index in [1.165, 1.54) is 21.3 Å². The monoisotopic (exact) mass is 467 g/mol. The Hall–Kier alpha value is -4.00. The highest BCUT2D eigenvalue weighted by Crippen LogP contribution is 2.39. The SMILES string of the molecule is COc1cc(C(C#N)NC(=O)CCc2c(C)nc3c(c(OC)nn3C)c2C)cc(OC)c1OC. The molecule has 3 rings (SSSR count). The van der Waals surface area contributed by atoms with Crippen LogP contribution in [0.5, 0.6) is 23.1 Å². The zero-order valence-electron chi connectivity index (χ0n) is 20.5. The number of amides is 1. The fourth-order valence-electron chi connectivity index (χ4n) is 4.04. The smallest absolute Gasteiger partial charge is 0.242 e. The van der Waals surface area contributed by atoms with Crippen molar-refractivity contribution in [3.8, 4) is 29.2 Å². The second kappa shape index (κ2) is 10.3. The summed E-state index contributed by atoms with van der Waals surface area (Å²) in [5, 5.41) is 17.7. The number of aromatic nitrogens is 3. The molecule has 10 heteroatoms. The van der Waals surface area contributed by atoms with Gasteiger partial charge in [-0.1, -0.05) is 0 Å². The Kier molecular flexibility index (Phi) is 7.46. The lowest BCUT2D eigenvalue weighted by Crippen LogP contribution is -2.28. The molecule has 180 valence electrons. The minimum absolute atomic E-state index is 0.181. The van der Waals surface area contributed by atoms with Gasteiger partial charge in [0.15, 0.2) is 17.1 Å². The molecule has 0 aliphatic rings. The van der Waals surface area contributed by atoms with E-state index in [9.17, 15) is 10.1 Å². The topological polar surface area (TPSA) is 121 Å². The lowest BCUT2D eigenvalue weighted by molar-refractivity contribution is -0.121. The molecule has 1 amide bonds. The van der Waals surface area contributed by atoms with Gasteiger partial charge in [-0.2, -0.15) is 5.26 Å². The Labute approximate surface area is 198 Å². The van der Waals surface area contributed by atoms with Gasteiger partial charge in [-0.25, -0.2) is 9.67 Å². The second-order valence-electron chi connectivity index (χ2n) is 7.72. The van der Waals surface area contributed by atoms with Gasteiger partial charge in [0.2, 0.25) is 17.5 Å². The van der Waals surface area contributed by atoms with Gasteiger partial charge in [-0.05, 0) is 49.1 Å². The van der Waals surface area contributed by atoms with E-state index in [-0.39, 0.29) is 12.3 Å². The van der Waals surface area contributed by atoms with Crippen LogP contribution in [0, 0.1) is 25.2 Å². The van der Waals surface area contributed by atoms with Crippen molar-refractivity contribution in [3.63, 3.8) is 0 Å². The van der Waals surface area contributed by atoms with E-state index in [1.54, 1.807) is 23.9 Å². The molecule has 0 aliphatic carbocycles. The first-order chi connectivity index (χ1) is 16.3. The Morgan fingerprint density at radius 1 is 1.12 bits per heavy atom. The maximum atomic E-state index is 12.8. The van der Waals surface area contributed by atoms with Crippen molar-refractivity contribution in [1.82, 2.24) is 20.1 Å². The molecule has 1 atom stereocenters. The number of pyridine rings is 1. The molecule has 0 saturated carbocycles. The molecule has 0 fully saturated rings. The van der Waals surface area contributed by atoms with Crippen LogP contribution in [0.4, 0.5) is 0 Å². The molecule has 1 unspecified atom stereocenters. The number of methoxy groups -OCH3 is 4. The van der Waals surface area contributed by atoms with Crippen LogP contribution in [0.25, 0.3) is 11.0 Å². The minimum atomic E-state index is -0.887. The number of nitrogens with zero attached hydrogens (tertiary/aromatic N) is 4. The molecule has 10 nitrogen and oxygen atoms in total. The number of carbonyl (C=O) groups is 1. The number of carbonyl (C=O) groups excluding carboxylic acids is 1. The maximum absolute atomic E-state index is 12.8. The molecule has 1 N–H and O–H groups in total. The van der Waals surface area contributed by atoms with Gasteiger partial charge < -0.3 is 24.3 Å². The average molecular weight is 468 g/mol. The predicted molar refractivity (Wildman–Crippen MR) is 125 cm³/mol. The number of nitrogens with one attached hydrogen (secondary N) is 1. The number of ether oxygens (including phenoxy) is 4. The largest absolute Gasteiger partial charge is 0.493 e. The minimum Gasteiger partial charge on any atom is -0.493 e. The average Bonchev–Trinajstić information content (AvgIpc) is 3.16. The summed E-state index contributed by atoms with van der Waals surface area (Å²) in [7, 11) is 7.87. The molecule has 0 bridgehead atoms. The van der Waals surface area contributed by atoms with E-state index in [4.69, 9.17) is 18.9 Å². The van der Waals surface area contributed by atoms with E-state index in [2.05, 4.69) is 21.5 Å². The van der Waals surface area contributed by atoms with Crippen molar-refractivity contribution in [2.75, 3.05) is 28.4 Å². The highest BCUT2D eigenvalue weighted by Gasteiger charge is 2.22. The van der Waals surface area contributed by atoms with Crippen molar-refractivity contribution < 1.29 is 23.7 Å². The van der Waals surface area contributed by atoms with Gasteiger partial charge in [0.05, 0.1) is 39.9 Å². The van der Waals surface area contributed by atoms with Gasteiger partial charge in [0.1, 0.15) is 6.04 Å². The number of fused-ring (bicyclic) bond motifs is 1. The van der Waals surface area contributed by atoms with Crippen molar-refractivity contribution in [3.05, 3.63) is 34.5 Å². The van der Waals surface area contributed by atoms with Crippen molar-refractivity contribution in [1.29, 1.82) is 5.26 Å². The summed E-state index contributed by atoms with van der Waals surface area (Å²) < 4.78 is 23.1. The number of hydrogen-bond acceptors (Lipinski definition) is 8. The molecular formula is C24H29N5O5. The Morgan fingerprint density at radius 3 is 2.29 bits per heavy atom. The van der Waals surface area contributed by atoms with Crippen LogP contribution >= 0.6 is 0 Å². The van der Waals surface area contributed by atoms with E-state index in [0.717, 1.165) is 27.9 Å². The summed E-state index contributed by atoms with van der Waals surface area (Å²) in [4.78, 5) is 17.5. The van der Waals surface area contributed by atoms with E-state index in [1.807, 2.05) is 20.9 Å². The van der Waals surface area contributed by atoms with Crippen molar-refractivity contribution in [2.24, 2.45) is 7.05 Å². The summed E-state index contributed by atoms with van der Waals surface area (Å²) in [6, 6.07) is 4.54. The van der Waals surface area contributed by atoms with Gasteiger partial charge >= 0.3 is 0 Å². The molecule has 0 aliphatic heterocycles. The second-order valence-corrected chi connectivity index (χ2v) is 7.72. The fourth-order valence-corrected chi connectivity index (χ4v) is 4.04. The van der Waals surface area contributed by atoms with Crippen molar-refractivity contribution in [2.45, 2.75) is 32.7 Å². The van der Waals surface area contributed by atoms with Gasteiger partial charge in [0.25, 0.3) is 0 Å². The number of aryl methyl sites for hydroxylation is 3. The number of rotatable bonds is 9. The zero-order chi connectivity index (χ0) is 25.0. The van der Waals surface area contributed by atoms with E-state index in [0.29, 0.717) is 35.1 Å². The first-order valence-corrected chi connectivity index (χ1v) is 10.6. The Bertz CT molecular complexity index is 1240. The fraction of sp³-hybridized carbons (Fsp3) is 0.417. The van der Waals surface area contributed by atoms with Gasteiger partial charge in [-0.3, -0.25) is 4.79 Å². The third-order valence-electron chi connectivity index (χ3n) is 5.77. The van der Waals surface area contributed by atoms with Crippen LogP contribution in [-0.4, -0.2) is 49.1 Å². The summed E-state index contributed by atoms with van der Waals surface area (Å²) in [5.74, 6) is 1.46. The third kappa shape index (κ3) is 4.55. The van der Waals surface area contributed by atoms with Crippen LogP contribution in [0.15, 0.2) is 12.1 Å². The Balaban J connectivity index is 1.81. The predicted octanol–water partition coefficient (Wildman–Crippen LogP) is 2.93. The molecule has 2 aromatic heterocycles. The van der Waals surface area contributed by atoms with E-state index >= 15 is 0 Å². The number of benzene rings is 1. The standard InChI is InChI=1S/C24H29N5O5/c1-13-16(14(2)26-23-21(13)24(34-7)28-29(23)3)8-9-20(30)27-17(12-25)15-10-18(31-4)22(33-6)19(11-15)32-5/h10-11,17H,8-9H2,1-7H3,(H,27,30). The summed E-state index contributed by atoms with van der Waals surface area (Å²) >= 11 is 0. The summed E-state index contributed by atoms with van der Waals surface area (Å²) in [5.41, 5.74) is 4.01. The van der Waals surface area contributed by atoms with Crippen LogP contribution in [0.3, 0.4) is 0 Å². The van der Waals surface area contributed by atoms with Crippen LogP contribution in [-0.2, 0) is 18.3 Å². The highest BCUT2D eigenvalue weighted by atomic mass is 16.5. The molecule has 3 aromatic rings. The molecule has 1 aromatic carbocycles. The lowest BCUT2D eigenvalue weighted by Gasteiger charge is -2.17. The first kappa shape index (κ1) is 24.6.